The van der Waals surface area contributed by atoms with Crippen LogP contribution in [0, 0.1) is 11.7 Å². The van der Waals surface area contributed by atoms with E-state index in [0.717, 1.165) is 12.8 Å². The first-order valence-electron chi connectivity index (χ1n) is 9.42. The molecule has 27 heavy (non-hydrogen) atoms. The predicted molar refractivity (Wildman–Crippen MR) is 102 cm³/mol. The van der Waals surface area contributed by atoms with Gasteiger partial charge in [0.05, 0.1) is 18.1 Å². The summed E-state index contributed by atoms with van der Waals surface area (Å²) in [5, 5.41) is 3.28. The summed E-state index contributed by atoms with van der Waals surface area (Å²) in [4.78, 5) is 27.7. The minimum atomic E-state index is -0.333. The zero-order chi connectivity index (χ0) is 18.8. The molecule has 3 unspecified atom stereocenters. The van der Waals surface area contributed by atoms with Gasteiger partial charge in [-0.3, -0.25) is 9.59 Å². The Kier molecular flexibility index (Phi) is 5.50. The molecule has 1 saturated carbocycles. The van der Waals surface area contributed by atoms with Crippen LogP contribution in [0.25, 0.3) is 6.08 Å². The normalized spacial score (nSPS) is 30.0. The van der Waals surface area contributed by atoms with E-state index in [1.165, 1.54) is 17.8 Å². The second kappa shape index (κ2) is 8.02. The molecular formula is C20H23FN2O3S. The van der Waals surface area contributed by atoms with Crippen molar-refractivity contribution >= 4 is 29.7 Å². The first-order valence-corrected chi connectivity index (χ1v) is 10.3. The second-order valence-electron chi connectivity index (χ2n) is 7.21. The number of amides is 2. The van der Waals surface area contributed by atoms with Crippen LogP contribution in [-0.4, -0.2) is 54.3 Å². The van der Waals surface area contributed by atoms with Crippen molar-refractivity contribution < 1.29 is 18.7 Å². The molecular weight excluding hydrogens is 367 g/mol. The number of hydrogen-bond donors (Lipinski definition) is 1. The van der Waals surface area contributed by atoms with Crippen molar-refractivity contribution in [1.29, 1.82) is 0 Å². The smallest absolute Gasteiger partial charge is 0.257 e. The second-order valence-corrected chi connectivity index (χ2v) is 8.50. The minimum Gasteiger partial charge on any atom is -0.378 e. The standard InChI is InChI=1S/C20H23FN2O3S/c21-15-4-2-1-3-13(15)12-18-19(24)22-16-11-14(5-6-17(16)27-18)20(25)23-7-9-26-10-8-23/h1-4,12,14,16-17H,5-11H2,(H,22,24)/b18-12+. The average Bonchev–Trinajstić information content (AvgIpc) is 2.70. The molecule has 2 heterocycles. The topological polar surface area (TPSA) is 58.6 Å². The average molecular weight is 390 g/mol. The molecule has 0 spiro atoms. The van der Waals surface area contributed by atoms with Gasteiger partial charge in [0, 0.05) is 35.9 Å². The van der Waals surface area contributed by atoms with E-state index in [2.05, 4.69) is 5.32 Å². The van der Waals surface area contributed by atoms with Gasteiger partial charge >= 0.3 is 0 Å². The molecule has 0 radical (unpaired) electrons. The first kappa shape index (κ1) is 18.5. The summed E-state index contributed by atoms with van der Waals surface area (Å²) < 4.78 is 19.2. The van der Waals surface area contributed by atoms with Gasteiger partial charge in [0.1, 0.15) is 5.82 Å². The number of carbonyl (C=O) groups is 2. The molecule has 2 aliphatic heterocycles. The van der Waals surface area contributed by atoms with Crippen LogP contribution in [0.1, 0.15) is 24.8 Å². The number of carbonyl (C=O) groups excluding carboxylic acids is 2. The molecule has 1 aromatic carbocycles. The largest absolute Gasteiger partial charge is 0.378 e. The maximum absolute atomic E-state index is 13.9. The molecule has 3 fully saturated rings. The number of nitrogens with zero attached hydrogens (tertiary/aromatic N) is 1. The summed E-state index contributed by atoms with van der Waals surface area (Å²) in [5.41, 5.74) is 0.421. The van der Waals surface area contributed by atoms with E-state index in [1.54, 1.807) is 24.3 Å². The Morgan fingerprint density at radius 2 is 2.04 bits per heavy atom. The Balaban J connectivity index is 1.42. The lowest BCUT2D eigenvalue weighted by Crippen LogP contribution is -2.53. The van der Waals surface area contributed by atoms with Crippen molar-refractivity contribution in [1.82, 2.24) is 10.2 Å². The number of benzene rings is 1. The monoisotopic (exact) mass is 390 g/mol. The molecule has 5 nitrogen and oxygen atoms in total. The van der Waals surface area contributed by atoms with Crippen LogP contribution in [0.2, 0.25) is 0 Å². The summed E-state index contributed by atoms with van der Waals surface area (Å²) >= 11 is 1.51. The van der Waals surface area contributed by atoms with Crippen LogP contribution < -0.4 is 5.32 Å². The van der Waals surface area contributed by atoms with Gasteiger partial charge in [-0.2, -0.15) is 0 Å². The van der Waals surface area contributed by atoms with Gasteiger partial charge in [-0.15, -0.1) is 11.8 Å². The zero-order valence-corrected chi connectivity index (χ0v) is 15.8. The Bertz CT molecular complexity index is 763. The number of fused-ring (bicyclic) bond motifs is 1. The van der Waals surface area contributed by atoms with E-state index in [4.69, 9.17) is 4.74 Å². The van der Waals surface area contributed by atoms with Gasteiger partial charge in [0.2, 0.25) is 5.91 Å². The summed E-state index contributed by atoms with van der Waals surface area (Å²) in [5.74, 6) is -0.365. The van der Waals surface area contributed by atoms with Gasteiger partial charge in [-0.05, 0) is 31.4 Å². The first-order chi connectivity index (χ1) is 13.1. The summed E-state index contributed by atoms with van der Waals surface area (Å²) in [7, 11) is 0. The highest BCUT2D eigenvalue weighted by molar-refractivity contribution is 8.04. The van der Waals surface area contributed by atoms with Crippen molar-refractivity contribution in [2.24, 2.45) is 5.92 Å². The maximum Gasteiger partial charge on any atom is 0.257 e. The minimum absolute atomic E-state index is 0.0102. The van der Waals surface area contributed by atoms with E-state index < -0.39 is 0 Å². The van der Waals surface area contributed by atoms with E-state index in [0.29, 0.717) is 43.2 Å². The number of morpholine rings is 1. The lowest BCUT2D eigenvalue weighted by Gasteiger charge is -2.41. The van der Waals surface area contributed by atoms with Crippen molar-refractivity contribution in [3.63, 3.8) is 0 Å². The van der Waals surface area contributed by atoms with Crippen LogP contribution in [-0.2, 0) is 14.3 Å². The van der Waals surface area contributed by atoms with Crippen LogP contribution in [0.3, 0.4) is 0 Å². The third kappa shape index (κ3) is 4.04. The Morgan fingerprint density at radius 1 is 1.26 bits per heavy atom. The fourth-order valence-electron chi connectivity index (χ4n) is 3.99. The Hall–Kier alpha value is -1.86. The van der Waals surface area contributed by atoms with Gasteiger partial charge in [-0.25, -0.2) is 4.39 Å². The van der Waals surface area contributed by atoms with Crippen LogP contribution in [0.4, 0.5) is 4.39 Å². The molecule has 3 atom stereocenters. The van der Waals surface area contributed by atoms with Crippen LogP contribution >= 0.6 is 11.8 Å². The number of thioether (sulfide) groups is 1. The SMILES string of the molecule is O=C1NC2CC(C(=O)N3CCOCC3)CCC2S/C1=C/c1ccccc1F. The van der Waals surface area contributed by atoms with Crippen LogP contribution in [0.15, 0.2) is 29.2 Å². The van der Waals surface area contributed by atoms with Crippen molar-refractivity contribution in [2.45, 2.75) is 30.6 Å². The fourth-order valence-corrected chi connectivity index (χ4v) is 5.28. The molecule has 4 rings (SSSR count). The molecule has 144 valence electrons. The van der Waals surface area contributed by atoms with Gasteiger partial charge < -0.3 is 15.0 Å². The summed E-state index contributed by atoms with van der Waals surface area (Å²) in [6.45, 7) is 2.50. The summed E-state index contributed by atoms with van der Waals surface area (Å²) in [6, 6.07) is 6.44. The fraction of sp³-hybridized carbons (Fsp3) is 0.500. The van der Waals surface area contributed by atoms with E-state index in [1.807, 2.05) is 4.90 Å². The highest BCUT2D eigenvalue weighted by Crippen LogP contribution is 2.40. The molecule has 0 bridgehead atoms. The Morgan fingerprint density at radius 3 is 2.81 bits per heavy atom. The molecule has 2 saturated heterocycles. The zero-order valence-electron chi connectivity index (χ0n) is 15.0. The molecule has 1 aromatic rings. The van der Waals surface area contributed by atoms with Crippen LogP contribution in [0.5, 0.6) is 0 Å². The van der Waals surface area contributed by atoms with E-state index in [9.17, 15) is 14.0 Å². The lowest BCUT2D eigenvalue weighted by molar-refractivity contribution is -0.141. The van der Waals surface area contributed by atoms with Crippen molar-refractivity contribution in [3.05, 3.63) is 40.6 Å². The van der Waals surface area contributed by atoms with Gasteiger partial charge in [0.25, 0.3) is 5.91 Å². The number of rotatable bonds is 2. The molecule has 7 heteroatoms. The van der Waals surface area contributed by atoms with E-state index in [-0.39, 0.29) is 34.8 Å². The van der Waals surface area contributed by atoms with Crippen molar-refractivity contribution in [2.75, 3.05) is 26.3 Å². The molecule has 3 aliphatic rings. The number of ether oxygens (including phenoxy) is 1. The highest BCUT2D eigenvalue weighted by Gasteiger charge is 2.40. The molecule has 1 N–H and O–H groups in total. The van der Waals surface area contributed by atoms with Gasteiger partial charge in [0.15, 0.2) is 0 Å². The quantitative estimate of drug-likeness (QED) is 0.788. The third-order valence-electron chi connectivity index (χ3n) is 5.47. The summed E-state index contributed by atoms with van der Waals surface area (Å²) in [6.07, 6.45) is 3.99. The third-order valence-corrected chi connectivity index (χ3v) is 6.89. The van der Waals surface area contributed by atoms with Crippen molar-refractivity contribution in [3.8, 4) is 0 Å². The predicted octanol–water partition coefficient (Wildman–Crippen LogP) is 2.43. The molecule has 2 amide bonds. The number of halogens is 1. The molecule has 1 aliphatic carbocycles. The maximum atomic E-state index is 13.9. The number of hydrogen-bond acceptors (Lipinski definition) is 4. The Labute approximate surface area is 162 Å². The van der Waals surface area contributed by atoms with E-state index >= 15 is 0 Å². The molecule has 0 aromatic heterocycles. The highest BCUT2D eigenvalue weighted by atomic mass is 32.2. The van der Waals surface area contributed by atoms with Gasteiger partial charge in [-0.1, -0.05) is 18.2 Å². The lowest BCUT2D eigenvalue weighted by atomic mass is 9.84. The number of nitrogens with one attached hydrogen (secondary N) is 1.